The third kappa shape index (κ3) is 3.94. The van der Waals surface area contributed by atoms with Crippen LogP contribution in [0.5, 0.6) is 11.6 Å². The molecule has 0 radical (unpaired) electrons. The van der Waals surface area contributed by atoms with E-state index in [1.165, 1.54) is 6.20 Å². The minimum atomic E-state index is -3.43. The van der Waals surface area contributed by atoms with Crippen LogP contribution in [-0.2, 0) is 4.79 Å². The second kappa shape index (κ2) is 7.81. The van der Waals surface area contributed by atoms with Gasteiger partial charge < -0.3 is 20.5 Å². The molecule has 2 unspecified atom stereocenters. The molecule has 0 aliphatic carbocycles. The molecule has 2 heterocycles. The predicted molar refractivity (Wildman–Crippen MR) is 102 cm³/mol. The van der Waals surface area contributed by atoms with Crippen molar-refractivity contribution in [3.63, 3.8) is 0 Å². The zero-order valence-corrected chi connectivity index (χ0v) is 16.4. The molecule has 1 saturated heterocycles. The Labute approximate surface area is 166 Å². The lowest BCUT2D eigenvalue weighted by molar-refractivity contribution is -0.144. The average Bonchev–Trinajstić information content (AvgIpc) is 2.86. The van der Waals surface area contributed by atoms with E-state index in [4.69, 9.17) is 15.2 Å². The Morgan fingerprint density at radius 2 is 2.10 bits per heavy atom. The summed E-state index contributed by atoms with van der Waals surface area (Å²) in [6, 6.07) is 4.01. The van der Waals surface area contributed by atoms with Crippen LogP contribution >= 0.6 is 0 Å². The number of nitrogens with one attached hydrogen (secondary N) is 1. The Hall–Kier alpha value is -2.97. The number of fused-ring (bicyclic) bond motifs is 1. The highest BCUT2D eigenvalue weighted by Gasteiger charge is 2.56. The van der Waals surface area contributed by atoms with Crippen LogP contribution in [0.15, 0.2) is 24.4 Å². The SMILES string of the molecule is CCC1C(COc2nccc3cc(C(N)=O)c(OC(C)C)cc23)NC(=O)C1(F)F. The molecule has 1 fully saturated rings. The van der Waals surface area contributed by atoms with Crippen molar-refractivity contribution in [3.8, 4) is 11.6 Å². The molecule has 156 valence electrons. The standard InChI is InChI=1S/C20H23F2N3O4/c1-4-14-15(25-19(27)20(14,21)22)9-28-18-12-8-16(29-10(2)3)13(17(23)26)7-11(12)5-6-24-18/h5-8,10,14-15H,4,9H2,1-3H3,(H2,23,26)(H,25,27). The summed E-state index contributed by atoms with van der Waals surface area (Å²) in [5.41, 5.74) is 5.67. The molecule has 1 aromatic heterocycles. The highest BCUT2D eigenvalue weighted by Crippen LogP contribution is 2.36. The van der Waals surface area contributed by atoms with Gasteiger partial charge in [-0.3, -0.25) is 9.59 Å². The van der Waals surface area contributed by atoms with Gasteiger partial charge in [0.25, 0.3) is 11.8 Å². The lowest BCUT2D eigenvalue weighted by Crippen LogP contribution is -2.35. The molecular weight excluding hydrogens is 384 g/mol. The van der Waals surface area contributed by atoms with Crippen LogP contribution in [0, 0.1) is 5.92 Å². The number of carbonyl (C=O) groups excluding carboxylic acids is 2. The van der Waals surface area contributed by atoms with Gasteiger partial charge in [0.05, 0.1) is 23.6 Å². The summed E-state index contributed by atoms with van der Waals surface area (Å²) < 4.78 is 39.4. The number of rotatable bonds is 7. The van der Waals surface area contributed by atoms with Crippen LogP contribution in [0.3, 0.4) is 0 Å². The van der Waals surface area contributed by atoms with Gasteiger partial charge in [0.15, 0.2) is 0 Å². The largest absolute Gasteiger partial charge is 0.490 e. The monoisotopic (exact) mass is 407 g/mol. The second-order valence-corrected chi connectivity index (χ2v) is 7.25. The number of carbonyl (C=O) groups is 2. The summed E-state index contributed by atoms with van der Waals surface area (Å²) in [7, 11) is 0. The zero-order valence-electron chi connectivity index (χ0n) is 16.4. The average molecular weight is 407 g/mol. The second-order valence-electron chi connectivity index (χ2n) is 7.25. The third-order valence-electron chi connectivity index (χ3n) is 4.87. The summed E-state index contributed by atoms with van der Waals surface area (Å²) in [5.74, 6) is -6.04. The first-order chi connectivity index (χ1) is 13.6. The zero-order chi connectivity index (χ0) is 21.3. The van der Waals surface area contributed by atoms with Gasteiger partial charge >= 0.3 is 5.92 Å². The van der Waals surface area contributed by atoms with E-state index >= 15 is 0 Å². The van der Waals surface area contributed by atoms with Gasteiger partial charge in [0.1, 0.15) is 12.4 Å². The number of primary amides is 1. The van der Waals surface area contributed by atoms with Crippen molar-refractivity contribution in [1.29, 1.82) is 0 Å². The van der Waals surface area contributed by atoms with E-state index in [1.807, 2.05) is 13.8 Å². The Morgan fingerprint density at radius 3 is 2.72 bits per heavy atom. The lowest BCUT2D eigenvalue weighted by atomic mass is 9.95. The summed E-state index contributed by atoms with van der Waals surface area (Å²) in [4.78, 5) is 27.5. The molecule has 1 aliphatic heterocycles. The number of benzene rings is 1. The maximum Gasteiger partial charge on any atom is 0.329 e. The highest BCUT2D eigenvalue weighted by molar-refractivity contribution is 6.01. The smallest absolute Gasteiger partial charge is 0.329 e. The molecule has 7 nitrogen and oxygen atoms in total. The molecule has 1 aromatic carbocycles. The number of nitrogens with zero attached hydrogens (tertiary/aromatic N) is 1. The molecule has 0 saturated carbocycles. The molecule has 3 rings (SSSR count). The van der Waals surface area contributed by atoms with Crippen LogP contribution < -0.4 is 20.5 Å². The highest BCUT2D eigenvalue weighted by atomic mass is 19.3. The first kappa shape index (κ1) is 20.8. The van der Waals surface area contributed by atoms with Crippen molar-refractivity contribution in [2.75, 3.05) is 6.61 Å². The van der Waals surface area contributed by atoms with Crippen LogP contribution in [0.2, 0.25) is 0 Å². The van der Waals surface area contributed by atoms with E-state index < -0.39 is 29.7 Å². The number of hydrogen-bond acceptors (Lipinski definition) is 5. The molecule has 29 heavy (non-hydrogen) atoms. The molecule has 9 heteroatoms. The molecule has 3 N–H and O–H groups in total. The summed E-state index contributed by atoms with van der Waals surface area (Å²) in [6.45, 7) is 5.06. The van der Waals surface area contributed by atoms with Crippen LogP contribution in [-0.4, -0.2) is 41.5 Å². The number of aromatic nitrogens is 1. The van der Waals surface area contributed by atoms with Crippen LogP contribution in [0.1, 0.15) is 37.6 Å². The van der Waals surface area contributed by atoms with Gasteiger partial charge in [-0.1, -0.05) is 6.92 Å². The third-order valence-corrected chi connectivity index (χ3v) is 4.87. The van der Waals surface area contributed by atoms with Crippen molar-refractivity contribution >= 4 is 22.6 Å². The molecule has 2 amide bonds. The first-order valence-corrected chi connectivity index (χ1v) is 9.36. The van der Waals surface area contributed by atoms with Gasteiger partial charge in [0, 0.05) is 11.6 Å². The van der Waals surface area contributed by atoms with Crippen molar-refractivity contribution in [2.45, 2.75) is 45.3 Å². The molecule has 2 atom stereocenters. The van der Waals surface area contributed by atoms with Crippen molar-refractivity contribution in [1.82, 2.24) is 10.3 Å². The minimum absolute atomic E-state index is 0.122. The van der Waals surface area contributed by atoms with Crippen LogP contribution in [0.4, 0.5) is 8.78 Å². The quantitative estimate of drug-likeness (QED) is 0.734. The Morgan fingerprint density at radius 1 is 1.38 bits per heavy atom. The Balaban J connectivity index is 1.92. The molecule has 2 aromatic rings. The van der Waals surface area contributed by atoms with Crippen molar-refractivity contribution in [3.05, 3.63) is 30.0 Å². The summed E-state index contributed by atoms with van der Waals surface area (Å²) in [5, 5.41) is 3.47. The predicted octanol–water partition coefficient (Wildman–Crippen LogP) is 2.66. The Bertz CT molecular complexity index is 949. The number of halogens is 2. The number of nitrogens with two attached hydrogens (primary N) is 1. The van der Waals surface area contributed by atoms with Gasteiger partial charge in [-0.25, -0.2) is 4.98 Å². The number of alkyl halides is 2. The molecule has 0 bridgehead atoms. The van der Waals surface area contributed by atoms with Gasteiger partial charge in [0.2, 0.25) is 5.88 Å². The maximum atomic E-state index is 14.0. The topological polar surface area (TPSA) is 104 Å². The van der Waals surface area contributed by atoms with E-state index in [2.05, 4.69) is 10.3 Å². The maximum absolute atomic E-state index is 14.0. The fourth-order valence-corrected chi connectivity index (χ4v) is 3.49. The van der Waals surface area contributed by atoms with Crippen molar-refractivity contribution in [2.24, 2.45) is 11.7 Å². The Kier molecular flexibility index (Phi) is 5.59. The van der Waals surface area contributed by atoms with E-state index in [9.17, 15) is 18.4 Å². The minimum Gasteiger partial charge on any atom is -0.490 e. The molecular formula is C20H23F2N3O4. The first-order valence-electron chi connectivity index (χ1n) is 9.36. The van der Waals surface area contributed by atoms with E-state index in [1.54, 1.807) is 25.1 Å². The van der Waals surface area contributed by atoms with Gasteiger partial charge in [-0.15, -0.1) is 0 Å². The normalized spacial score (nSPS) is 20.7. The number of amides is 2. The summed E-state index contributed by atoms with van der Waals surface area (Å²) >= 11 is 0. The van der Waals surface area contributed by atoms with E-state index in [0.29, 0.717) is 10.8 Å². The fraction of sp³-hybridized carbons (Fsp3) is 0.450. The fourth-order valence-electron chi connectivity index (χ4n) is 3.49. The van der Waals surface area contributed by atoms with Gasteiger partial charge in [-0.2, -0.15) is 8.78 Å². The molecule has 0 spiro atoms. The van der Waals surface area contributed by atoms with E-state index in [0.717, 1.165) is 0 Å². The number of pyridine rings is 1. The van der Waals surface area contributed by atoms with Crippen LogP contribution in [0.25, 0.3) is 10.8 Å². The van der Waals surface area contributed by atoms with Crippen molar-refractivity contribution < 1.29 is 27.8 Å². The number of hydrogen-bond donors (Lipinski definition) is 2. The number of ether oxygens (including phenoxy) is 2. The summed E-state index contributed by atoms with van der Waals surface area (Å²) in [6.07, 6.45) is 1.40. The van der Waals surface area contributed by atoms with E-state index in [-0.39, 0.29) is 36.3 Å². The van der Waals surface area contributed by atoms with Gasteiger partial charge in [-0.05, 0) is 43.9 Å². The lowest BCUT2D eigenvalue weighted by Gasteiger charge is -2.21. The molecule has 1 aliphatic rings.